The molecule has 0 aliphatic carbocycles. The van der Waals surface area contributed by atoms with Crippen LogP contribution in [0.15, 0.2) is 58.3 Å². The molecule has 5 nitrogen and oxygen atoms in total. The van der Waals surface area contributed by atoms with Crippen LogP contribution < -0.4 is 5.32 Å². The lowest BCUT2D eigenvalue weighted by atomic mass is 10.2. The van der Waals surface area contributed by atoms with Gasteiger partial charge in [-0.15, -0.1) is 0 Å². The predicted molar refractivity (Wildman–Crippen MR) is 74.7 cm³/mol. The number of hydrogen-bond donors (Lipinski definition) is 2. The first-order valence-corrected chi connectivity index (χ1v) is 7.30. The Morgan fingerprint density at radius 1 is 1.05 bits per heavy atom. The standard InChI is InChI=1S/C14H13NO4S/c1-10-6-8-11(9-7-10)20(18,19)13-5-3-2-4-12(13)15-14(16)17/h2-9,15H,1H3,(H,16,17). The average Bonchev–Trinajstić information content (AvgIpc) is 2.39. The minimum absolute atomic E-state index is 0.0422. The van der Waals surface area contributed by atoms with Crippen molar-refractivity contribution in [2.75, 3.05) is 5.32 Å². The molecule has 20 heavy (non-hydrogen) atoms. The fourth-order valence-corrected chi connectivity index (χ4v) is 3.18. The van der Waals surface area contributed by atoms with Gasteiger partial charge in [0.05, 0.1) is 15.5 Å². The number of nitrogens with one attached hydrogen (secondary N) is 1. The van der Waals surface area contributed by atoms with Gasteiger partial charge >= 0.3 is 6.09 Å². The van der Waals surface area contributed by atoms with E-state index in [0.29, 0.717) is 0 Å². The van der Waals surface area contributed by atoms with E-state index in [0.717, 1.165) is 5.56 Å². The molecule has 0 fully saturated rings. The van der Waals surface area contributed by atoms with Gasteiger partial charge in [0.15, 0.2) is 0 Å². The van der Waals surface area contributed by atoms with Gasteiger partial charge in [0.25, 0.3) is 0 Å². The molecule has 1 amide bonds. The van der Waals surface area contributed by atoms with Crippen molar-refractivity contribution in [1.29, 1.82) is 0 Å². The molecule has 0 radical (unpaired) electrons. The molecule has 0 saturated heterocycles. The fourth-order valence-electron chi connectivity index (χ4n) is 1.76. The van der Waals surface area contributed by atoms with Crippen LogP contribution in [0.4, 0.5) is 10.5 Å². The molecule has 0 atom stereocenters. The summed E-state index contributed by atoms with van der Waals surface area (Å²) >= 11 is 0. The van der Waals surface area contributed by atoms with E-state index in [1.807, 2.05) is 6.92 Å². The fraction of sp³-hybridized carbons (Fsp3) is 0.0714. The van der Waals surface area contributed by atoms with Crippen LogP contribution in [0.2, 0.25) is 0 Å². The lowest BCUT2D eigenvalue weighted by Crippen LogP contribution is -2.12. The van der Waals surface area contributed by atoms with Gasteiger partial charge in [-0.3, -0.25) is 5.32 Å². The van der Waals surface area contributed by atoms with E-state index in [9.17, 15) is 13.2 Å². The number of amides is 1. The van der Waals surface area contributed by atoms with Crippen LogP contribution in [-0.4, -0.2) is 19.6 Å². The van der Waals surface area contributed by atoms with Gasteiger partial charge in [0, 0.05) is 0 Å². The number of carboxylic acid groups (broad SMARTS) is 1. The second-order valence-corrected chi connectivity index (χ2v) is 6.16. The average molecular weight is 291 g/mol. The molecule has 0 heterocycles. The quantitative estimate of drug-likeness (QED) is 0.910. The summed E-state index contributed by atoms with van der Waals surface area (Å²) in [6, 6.07) is 12.3. The van der Waals surface area contributed by atoms with Crippen LogP contribution >= 0.6 is 0 Å². The first-order chi connectivity index (χ1) is 9.41. The van der Waals surface area contributed by atoms with E-state index in [4.69, 9.17) is 5.11 Å². The van der Waals surface area contributed by atoms with Crippen molar-refractivity contribution in [3.05, 3.63) is 54.1 Å². The summed E-state index contributed by atoms with van der Waals surface area (Å²) in [4.78, 5) is 10.8. The molecule has 0 aliphatic heterocycles. The normalized spacial score (nSPS) is 11.1. The third-order valence-electron chi connectivity index (χ3n) is 2.75. The lowest BCUT2D eigenvalue weighted by molar-refractivity contribution is 0.209. The SMILES string of the molecule is Cc1ccc(S(=O)(=O)c2ccccc2NC(=O)O)cc1. The van der Waals surface area contributed by atoms with Gasteiger partial charge < -0.3 is 5.11 Å². The summed E-state index contributed by atoms with van der Waals surface area (Å²) in [5.74, 6) is 0. The van der Waals surface area contributed by atoms with E-state index >= 15 is 0 Å². The van der Waals surface area contributed by atoms with Gasteiger partial charge in [0.2, 0.25) is 9.84 Å². The van der Waals surface area contributed by atoms with E-state index < -0.39 is 15.9 Å². The number of hydrogen-bond acceptors (Lipinski definition) is 3. The monoisotopic (exact) mass is 291 g/mol. The molecule has 0 aliphatic rings. The highest BCUT2D eigenvalue weighted by Crippen LogP contribution is 2.27. The zero-order valence-corrected chi connectivity index (χ0v) is 11.5. The molecule has 6 heteroatoms. The smallest absolute Gasteiger partial charge is 0.409 e. The summed E-state index contributed by atoms with van der Waals surface area (Å²) in [5.41, 5.74) is 0.987. The van der Waals surface area contributed by atoms with Crippen molar-refractivity contribution in [3.63, 3.8) is 0 Å². The van der Waals surface area contributed by atoms with E-state index in [2.05, 4.69) is 5.32 Å². The second-order valence-electron chi connectivity index (χ2n) is 4.24. The topological polar surface area (TPSA) is 83.5 Å². The Labute approximate surface area is 116 Å². The Kier molecular flexibility index (Phi) is 3.76. The molecule has 2 aromatic carbocycles. The number of benzene rings is 2. The lowest BCUT2D eigenvalue weighted by Gasteiger charge is -2.10. The van der Waals surface area contributed by atoms with Crippen LogP contribution in [0.25, 0.3) is 0 Å². The maximum atomic E-state index is 12.5. The number of sulfone groups is 1. The Hall–Kier alpha value is -2.34. The third kappa shape index (κ3) is 2.80. The first-order valence-electron chi connectivity index (χ1n) is 5.82. The number of para-hydroxylation sites is 1. The Morgan fingerprint density at radius 2 is 1.65 bits per heavy atom. The maximum Gasteiger partial charge on any atom is 0.409 e. The van der Waals surface area contributed by atoms with Gasteiger partial charge in [0.1, 0.15) is 0 Å². The van der Waals surface area contributed by atoms with Gasteiger partial charge in [-0.25, -0.2) is 13.2 Å². The van der Waals surface area contributed by atoms with Crippen LogP contribution in [0, 0.1) is 6.92 Å². The number of aryl methyl sites for hydroxylation is 1. The zero-order chi connectivity index (χ0) is 14.8. The van der Waals surface area contributed by atoms with Gasteiger partial charge in [-0.2, -0.15) is 0 Å². The van der Waals surface area contributed by atoms with Crippen LogP contribution in [0.3, 0.4) is 0 Å². The van der Waals surface area contributed by atoms with E-state index in [1.54, 1.807) is 24.3 Å². The summed E-state index contributed by atoms with van der Waals surface area (Å²) in [6.07, 6.45) is -1.31. The molecular weight excluding hydrogens is 278 g/mol. The summed E-state index contributed by atoms with van der Waals surface area (Å²) in [6.45, 7) is 1.86. The van der Waals surface area contributed by atoms with Crippen LogP contribution in [-0.2, 0) is 9.84 Å². The maximum absolute atomic E-state index is 12.5. The molecule has 0 unspecified atom stereocenters. The number of carbonyl (C=O) groups is 1. The molecule has 104 valence electrons. The third-order valence-corrected chi connectivity index (χ3v) is 4.58. The van der Waals surface area contributed by atoms with Crippen LogP contribution in [0.5, 0.6) is 0 Å². The zero-order valence-electron chi connectivity index (χ0n) is 10.7. The molecule has 0 bridgehead atoms. The highest BCUT2D eigenvalue weighted by atomic mass is 32.2. The highest BCUT2D eigenvalue weighted by Gasteiger charge is 2.21. The van der Waals surface area contributed by atoms with Crippen molar-refractivity contribution >= 4 is 21.6 Å². The summed E-state index contributed by atoms with van der Waals surface area (Å²) in [5, 5.41) is 10.9. The minimum atomic E-state index is -3.76. The number of rotatable bonds is 3. The summed E-state index contributed by atoms with van der Waals surface area (Å²) < 4.78 is 25.0. The Balaban J connectivity index is 2.54. The molecular formula is C14H13NO4S. The molecule has 2 rings (SSSR count). The van der Waals surface area contributed by atoms with Crippen molar-refractivity contribution in [2.45, 2.75) is 16.7 Å². The van der Waals surface area contributed by atoms with E-state index in [-0.39, 0.29) is 15.5 Å². The molecule has 0 saturated carbocycles. The molecule has 2 aromatic rings. The van der Waals surface area contributed by atoms with Crippen LogP contribution in [0.1, 0.15) is 5.56 Å². The van der Waals surface area contributed by atoms with Gasteiger partial charge in [-0.05, 0) is 31.2 Å². The predicted octanol–water partition coefficient (Wildman–Crippen LogP) is 2.92. The largest absolute Gasteiger partial charge is 0.465 e. The van der Waals surface area contributed by atoms with Crippen molar-refractivity contribution in [1.82, 2.24) is 0 Å². The summed E-state index contributed by atoms with van der Waals surface area (Å²) in [7, 11) is -3.76. The van der Waals surface area contributed by atoms with Gasteiger partial charge in [-0.1, -0.05) is 29.8 Å². The Morgan fingerprint density at radius 3 is 2.25 bits per heavy atom. The van der Waals surface area contributed by atoms with E-state index in [1.165, 1.54) is 24.3 Å². The van der Waals surface area contributed by atoms with Crippen molar-refractivity contribution in [3.8, 4) is 0 Å². The highest BCUT2D eigenvalue weighted by molar-refractivity contribution is 7.91. The minimum Gasteiger partial charge on any atom is -0.465 e. The molecule has 0 spiro atoms. The molecule has 0 aromatic heterocycles. The second kappa shape index (κ2) is 5.34. The number of anilines is 1. The Bertz CT molecular complexity index is 736. The first kappa shape index (κ1) is 14.1. The van der Waals surface area contributed by atoms with Crippen molar-refractivity contribution < 1.29 is 18.3 Å². The molecule has 2 N–H and O–H groups in total. The van der Waals surface area contributed by atoms with Crippen molar-refractivity contribution in [2.24, 2.45) is 0 Å².